The molecular formula is C17H23F3N2O2. The van der Waals surface area contributed by atoms with Gasteiger partial charge in [0.25, 0.3) is 5.91 Å². The fourth-order valence-electron chi connectivity index (χ4n) is 2.90. The van der Waals surface area contributed by atoms with E-state index in [9.17, 15) is 18.0 Å². The molecular weight excluding hydrogens is 321 g/mol. The molecule has 1 amide bonds. The lowest BCUT2D eigenvalue weighted by molar-refractivity contribution is -0.144. The number of hydrogen-bond donors (Lipinski definition) is 1. The van der Waals surface area contributed by atoms with Gasteiger partial charge < -0.3 is 15.0 Å². The molecule has 7 heteroatoms. The molecule has 0 bridgehead atoms. The largest absolute Gasteiger partial charge is 0.480 e. The second-order valence-corrected chi connectivity index (χ2v) is 5.93. The van der Waals surface area contributed by atoms with Crippen LogP contribution in [0, 0.1) is 0 Å². The number of nitrogens with one attached hydrogen (secondary N) is 1. The van der Waals surface area contributed by atoms with Gasteiger partial charge in [0.15, 0.2) is 6.10 Å². The maximum atomic E-state index is 13.0. The second kappa shape index (κ2) is 7.88. The molecule has 0 aromatic heterocycles. The van der Waals surface area contributed by atoms with Gasteiger partial charge in [0.1, 0.15) is 5.75 Å². The molecule has 134 valence electrons. The molecule has 1 saturated heterocycles. The molecule has 1 aliphatic rings. The van der Waals surface area contributed by atoms with Gasteiger partial charge in [0, 0.05) is 19.1 Å². The van der Waals surface area contributed by atoms with Gasteiger partial charge >= 0.3 is 6.18 Å². The van der Waals surface area contributed by atoms with E-state index in [2.05, 4.69) is 5.32 Å². The number of benzene rings is 1. The number of carbonyl (C=O) groups is 1. The molecule has 1 heterocycles. The van der Waals surface area contributed by atoms with Crippen LogP contribution in [0.5, 0.6) is 5.75 Å². The van der Waals surface area contributed by atoms with E-state index in [4.69, 9.17) is 4.74 Å². The summed E-state index contributed by atoms with van der Waals surface area (Å²) in [6.07, 6.45) is -3.86. The average Bonchev–Trinajstić information content (AvgIpc) is 3.05. The number of amides is 1. The van der Waals surface area contributed by atoms with E-state index in [1.165, 1.54) is 25.1 Å². The van der Waals surface area contributed by atoms with Crippen LogP contribution >= 0.6 is 0 Å². The number of hydrogen-bond acceptors (Lipinski definition) is 3. The van der Waals surface area contributed by atoms with Gasteiger partial charge in [0.2, 0.25) is 0 Å². The standard InChI is InChI=1S/C17H23F3N2O2/c1-3-10-22(13-8-9-21-11-13)16(23)12(2)24-15-7-5-4-6-14(15)17(18,19)20/h4-7,12-13,21H,3,8-11H2,1-2H3. The lowest BCUT2D eigenvalue weighted by Gasteiger charge is -2.31. The van der Waals surface area contributed by atoms with Crippen molar-refractivity contribution in [2.24, 2.45) is 0 Å². The van der Waals surface area contributed by atoms with Crippen molar-refractivity contribution in [1.29, 1.82) is 0 Å². The number of para-hydroxylation sites is 1. The Morgan fingerprint density at radius 3 is 2.71 bits per heavy atom. The Morgan fingerprint density at radius 1 is 1.42 bits per heavy atom. The number of carbonyl (C=O) groups excluding carboxylic acids is 1. The number of alkyl halides is 3. The topological polar surface area (TPSA) is 41.6 Å². The summed E-state index contributed by atoms with van der Waals surface area (Å²) in [4.78, 5) is 14.4. The van der Waals surface area contributed by atoms with Crippen molar-refractivity contribution in [3.63, 3.8) is 0 Å². The van der Waals surface area contributed by atoms with Crippen LogP contribution in [0.1, 0.15) is 32.3 Å². The molecule has 1 N–H and O–H groups in total. The van der Waals surface area contributed by atoms with Crippen LogP contribution in [0.25, 0.3) is 0 Å². The van der Waals surface area contributed by atoms with Gasteiger partial charge in [-0.3, -0.25) is 4.79 Å². The summed E-state index contributed by atoms with van der Waals surface area (Å²) in [6.45, 7) is 5.58. The first-order valence-electron chi connectivity index (χ1n) is 8.18. The number of nitrogens with zero attached hydrogens (tertiary/aromatic N) is 1. The zero-order valence-corrected chi connectivity index (χ0v) is 13.9. The van der Waals surface area contributed by atoms with Crippen LogP contribution < -0.4 is 10.1 Å². The van der Waals surface area contributed by atoms with Crippen LogP contribution in [0.2, 0.25) is 0 Å². The van der Waals surface area contributed by atoms with Gasteiger partial charge in [0.05, 0.1) is 5.56 Å². The fourth-order valence-corrected chi connectivity index (χ4v) is 2.90. The average molecular weight is 344 g/mol. The van der Waals surface area contributed by atoms with Gasteiger partial charge in [-0.15, -0.1) is 0 Å². The number of rotatable bonds is 6. The maximum absolute atomic E-state index is 13.0. The number of ether oxygens (including phenoxy) is 1. The van der Waals surface area contributed by atoms with Crippen molar-refractivity contribution in [3.8, 4) is 5.75 Å². The monoisotopic (exact) mass is 344 g/mol. The van der Waals surface area contributed by atoms with Crippen molar-refractivity contribution < 1.29 is 22.7 Å². The summed E-state index contributed by atoms with van der Waals surface area (Å²) in [7, 11) is 0. The van der Waals surface area contributed by atoms with Gasteiger partial charge in [-0.25, -0.2) is 0 Å². The molecule has 1 fully saturated rings. The van der Waals surface area contributed by atoms with Crippen LogP contribution in [0.3, 0.4) is 0 Å². The summed E-state index contributed by atoms with van der Waals surface area (Å²) in [5.74, 6) is -0.589. The Hall–Kier alpha value is -1.76. The lowest BCUT2D eigenvalue weighted by Crippen LogP contribution is -2.47. The molecule has 1 aromatic rings. The van der Waals surface area contributed by atoms with Crippen molar-refractivity contribution >= 4 is 5.91 Å². The van der Waals surface area contributed by atoms with E-state index in [1.807, 2.05) is 6.92 Å². The van der Waals surface area contributed by atoms with Gasteiger partial charge in [-0.05, 0) is 38.4 Å². The minimum atomic E-state index is -4.52. The van der Waals surface area contributed by atoms with Crippen molar-refractivity contribution in [2.75, 3.05) is 19.6 Å². The molecule has 0 radical (unpaired) electrons. The summed E-state index contributed by atoms with van der Waals surface area (Å²) in [5.41, 5.74) is -0.866. The van der Waals surface area contributed by atoms with Gasteiger partial charge in [-0.2, -0.15) is 13.2 Å². The Balaban J connectivity index is 2.13. The SMILES string of the molecule is CCCN(C(=O)C(C)Oc1ccccc1C(F)(F)F)C1CCNC1. The molecule has 1 aromatic carbocycles. The predicted molar refractivity (Wildman–Crippen MR) is 84.8 cm³/mol. The van der Waals surface area contributed by atoms with Crippen LogP contribution in [-0.4, -0.2) is 42.6 Å². The summed E-state index contributed by atoms with van der Waals surface area (Å²) in [6, 6.07) is 5.04. The summed E-state index contributed by atoms with van der Waals surface area (Å²) < 4.78 is 44.5. The van der Waals surface area contributed by atoms with Crippen LogP contribution in [0.4, 0.5) is 13.2 Å². The van der Waals surface area contributed by atoms with E-state index in [0.717, 1.165) is 25.5 Å². The molecule has 2 unspecified atom stereocenters. The number of halogens is 3. The van der Waals surface area contributed by atoms with E-state index < -0.39 is 17.8 Å². The van der Waals surface area contributed by atoms with Crippen molar-refractivity contribution in [1.82, 2.24) is 10.2 Å². The predicted octanol–water partition coefficient (Wildman–Crippen LogP) is 3.07. The second-order valence-electron chi connectivity index (χ2n) is 5.93. The van der Waals surface area contributed by atoms with Crippen LogP contribution in [-0.2, 0) is 11.0 Å². The highest BCUT2D eigenvalue weighted by Gasteiger charge is 2.36. The Labute approximate surface area is 140 Å². The maximum Gasteiger partial charge on any atom is 0.419 e. The quantitative estimate of drug-likeness (QED) is 0.862. The van der Waals surface area contributed by atoms with E-state index in [0.29, 0.717) is 13.1 Å². The molecule has 0 aliphatic carbocycles. The Kier molecular flexibility index (Phi) is 6.10. The highest BCUT2D eigenvalue weighted by atomic mass is 19.4. The first-order chi connectivity index (χ1) is 11.3. The Bertz CT molecular complexity index is 557. The third-order valence-corrected chi connectivity index (χ3v) is 4.07. The third-order valence-electron chi connectivity index (χ3n) is 4.07. The Morgan fingerprint density at radius 2 is 2.12 bits per heavy atom. The highest BCUT2D eigenvalue weighted by molar-refractivity contribution is 5.81. The molecule has 0 saturated carbocycles. The van der Waals surface area contributed by atoms with Crippen molar-refractivity contribution in [3.05, 3.63) is 29.8 Å². The summed E-state index contributed by atoms with van der Waals surface area (Å²) in [5, 5.41) is 3.20. The van der Waals surface area contributed by atoms with Crippen molar-refractivity contribution in [2.45, 2.75) is 45.0 Å². The molecule has 1 aliphatic heterocycles. The molecule has 24 heavy (non-hydrogen) atoms. The molecule has 2 rings (SSSR count). The van der Waals surface area contributed by atoms with Gasteiger partial charge in [-0.1, -0.05) is 19.1 Å². The molecule has 4 nitrogen and oxygen atoms in total. The summed E-state index contributed by atoms with van der Waals surface area (Å²) >= 11 is 0. The first-order valence-corrected chi connectivity index (χ1v) is 8.18. The first kappa shape index (κ1) is 18.6. The van der Waals surface area contributed by atoms with E-state index in [1.54, 1.807) is 4.90 Å². The minimum absolute atomic E-state index is 0.0707. The van der Waals surface area contributed by atoms with Crippen LogP contribution in [0.15, 0.2) is 24.3 Å². The molecule has 2 atom stereocenters. The normalized spacial score (nSPS) is 19.1. The van der Waals surface area contributed by atoms with E-state index in [-0.39, 0.29) is 17.7 Å². The lowest BCUT2D eigenvalue weighted by atomic mass is 10.1. The molecule has 0 spiro atoms. The smallest absolute Gasteiger partial charge is 0.419 e. The highest BCUT2D eigenvalue weighted by Crippen LogP contribution is 2.36. The third kappa shape index (κ3) is 4.41. The zero-order valence-electron chi connectivity index (χ0n) is 13.9. The minimum Gasteiger partial charge on any atom is -0.480 e. The zero-order chi connectivity index (χ0) is 17.7. The van der Waals surface area contributed by atoms with E-state index >= 15 is 0 Å². The fraction of sp³-hybridized carbons (Fsp3) is 0.588.